The Balaban J connectivity index is 1.36. The van der Waals surface area contributed by atoms with E-state index in [1.54, 1.807) is 0 Å². The van der Waals surface area contributed by atoms with Gasteiger partial charge in [-0.05, 0) is 92.2 Å². The molecule has 0 N–H and O–H groups in total. The highest BCUT2D eigenvalue weighted by Gasteiger charge is 2.23. The van der Waals surface area contributed by atoms with Crippen molar-refractivity contribution in [1.82, 2.24) is 4.98 Å². The van der Waals surface area contributed by atoms with Crippen LogP contribution in [0.5, 0.6) is 0 Å². The fourth-order valence-electron chi connectivity index (χ4n) is 5.84. The quantitative estimate of drug-likeness (QED) is 0.482. The lowest BCUT2D eigenvalue weighted by molar-refractivity contribution is 0.308. The summed E-state index contributed by atoms with van der Waals surface area (Å²) in [6.45, 7) is 4.66. The average Bonchev–Trinajstić information content (AvgIpc) is 2.80. The van der Waals surface area contributed by atoms with Gasteiger partial charge in [0.1, 0.15) is 0 Å². The van der Waals surface area contributed by atoms with Crippen molar-refractivity contribution in [3.63, 3.8) is 0 Å². The zero-order valence-corrected chi connectivity index (χ0v) is 18.6. The average molecular weight is 390 g/mol. The molecule has 2 fully saturated rings. The zero-order chi connectivity index (χ0) is 20.1. The van der Waals surface area contributed by atoms with Crippen LogP contribution in [0.25, 0.3) is 11.3 Å². The molecule has 1 heteroatoms. The number of rotatable bonds is 6. The topological polar surface area (TPSA) is 12.9 Å². The molecule has 2 aliphatic rings. The van der Waals surface area contributed by atoms with E-state index in [9.17, 15) is 0 Å². The molecule has 156 valence electrons. The molecule has 0 bridgehead atoms. The minimum atomic E-state index is 0.726. The van der Waals surface area contributed by atoms with E-state index in [4.69, 9.17) is 4.98 Å². The van der Waals surface area contributed by atoms with Crippen molar-refractivity contribution in [1.29, 1.82) is 0 Å². The van der Waals surface area contributed by atoms with Gasteiger partial charge in [-0.25, -0.2) is 0 Å². The summed E-state index contributed by atoms with van der Waals surface area (Å²) in [5, 5.41) is 0. The highest BCUT2D eigenvalue weighted by molar-refractivity contribution is 5.59. The number of hydrogen-bond donors (Lipinski definition) is 0. The Morgan fingerprint density at radius 1 is 0.690 bits per heavy atom. The molecule has 1 nitrogen and oxygen atoms in total. The number of aromatic nitrogens is 1. The Labute approximate surface area is 178 Å². The lowest BCUT2D eigenvalue weighted by atomic mass is 9.77. The molecule has 4 rings (SSSR count). The monoisotopic (exact) mass is 389 g/mol. The van der Waals surface area contributed by atoms with Crippen molar-refractivity contribution in [2.45, 2.75) is 96.3 Å². The van der Waals surface area contributed by atoms with Gasteiger partial charge in [-0.2, -0.15) is 0 Å². The van der Waals surface area contributed by atoms with Crippen molar-refractivity contribution in [3.8, 4) is 11.3 Å². The van der Waals surface area contributed by atoms with E-state index in [2.05, 4.69) is 56.4 Å². The molecule has 0 atom stereocenters. The van der Waals surface area contributed by atoms with Crippen LogP contribution in [0.15, 0.2) is 42.6 Å². The first-order chi connectivity index (χ1) is 14.3. The molecule has 0 radical (unpaired) electrons. The maximum absolute atomic E-state index is 4.84. The summed E-state index contributed by atoms with van der Waals surface area (Å²) in [5.41, 5.74) is 5.36. The minimum absolute atomic E-state index is 0.726. The van der Waals surface area contributed by atoms with Crippen molar-refractivity contribution < 1.29 is 0 Å². The second-order valence-electron chi connectivity index (χ2n) is 9.73. The minimum Gasteiger partial charge on any atom is -0.256 e. The van der Waals surface area contributed by atoms with Gasteiger partial charge in [-0.3, -0.25) is 4.98 Å². The van der Waals surface area contributed by atoms with Crippen LogP contribution in [-0.2, 0) is 0 Å². The molecule has 0 amide bonds. The van der Waals surface area contributed by atoms with Gasteiger partial charge in [0.15, 0.2) is 0 Å². The van der Waals surface area contributed by atoms with E-state index in [-0.39, 0.29) is 0 Å². The summed E-state index contributed by atoms with van der Waals surface area (Å²) in [4.78, 5) is 4.84. The Morgan fingerprint density at radius 2 is 1.28 bits per heavy atom. The summed E-state index contributed by atoms with van der Waals surface area (Å²) >= 11 is 0. The van der Waals surface area contributed by atoms with E-state index < -0.39 is 0 Å². The van der Waals surface area contributed by atoms with Gasteiger partial charge in [0.05, 0.1) is 5.69 Å². The van der Waals surface area contributed by atoms with Crippen LogP contribution in [0.2, 0.25) is 0 Å². The summed E-state index contributed by atoms with van der Waals surface area (Å²) in [6, 6.07) is 13.9. The van der Waals surface area contributed by atoms with E-state index in [0.29, 0.717) is 0 Å². The van der Waals surface area contributed by atoms with Crippen molar-refractivity contribution >= 4 is 0 Å². The van der Waals surface area contributed by atoms with Gasteiger partial charge in [0.25, 0.3) is 0 Å². The molecule has 29 heavy (non-hydrogen) atoms. The summed E-state index contributed by atoms with van der Waals surface area (Å²) in [5.74, 6) is 3.43. The fraction of sp³-hybridized carbons (Fsp3) is 0.607. The first-order valence-electron chi connectivity index (χ1n) is 12.3. The summed E-state index contributed by atoms with van der Waals surface area (Å²) < 4.78 is 0. The predicted molar refractivity (Wildman–Crippen MR) is 124 cm³/mol. The van der Waals surface area contributed by atoms with Gasteiger partial charge in [-0.1, -0.05) is 63.4 Å². The van der Waals surface area contributed by atoms with Crippen LogP contribution in [-0.4, -0.2) is 4.98 Å². The first kappa shape index (κ1) is 20.6. The Bertz CT molecular complexity index is 729. The summed E-state index contributed by atoms with van der Waals surface area (Å²) in [6.07, 6.45) is 17.3. The van der Waals surface area contributed by atoms with Crippen molar-refractivity contribution in [2.75, 3.05) is 0 Å². The normalized spacial score (nSPS) is 27.7. The standard InChI is InChI=1S/C28H39N/c1-3-5-22-8-12-23(13-9-22)24-14-16-26(17-15-24)28-19-18-27(20-29-28)25-10-6-21(4-2)7-11-25/h14-23,25H,3-13H2,1-2H3. The highest BCUT2D eigenvalue weighted by Crippen LogP contribution is 2.39. The maximum atomic E-state index is 4.84. The van der Waals surface area contributed by atoms with E-state index >= 15 is 0 Å². The molecule has 1 heterocycles. The lowest BCUT2D eigenvalue weighted by Gasteiger charge is -2.28. The smallest absolute Gasteiger partial charge is 0.0702 e. The Morgan fingerprint density at radius 3 is 1.83 bits per heavy atom. The van der Waals surface area contributed by atoms with Crippen LogP contribution in [0, 0.1) is 11.8 Å². The highest BCUT2D eigenvalue weighted by atomic mass is 14.7. The van der Waals surface area contributed by atoms with Gasteiger partial charge in [0.2, 0.25) is 0 Å². The van der Waals surface area contributed by atoms with Crippen LogP contribution in [0.4, 0.5) is 0 Å². The Hall–Kier alpha value is -1.63. The number of nitrogens with zero attached hydrogens (tertiary/aromatic N) is 1. The molecular formula is C28H39N. The van der Waals surface area contributed by atoms with Gasteiger partial charge < -0.3 is 0 Å². The molecule has 0 saturated heterocycles. The van der Waals surface area contributed by atoms with E-state index in [1.807, 2.05) is 0 Å². The number of hydrogen-bond acceptors (Lipinski definition) is 1. The molecular weight excluding hydrogens is 350 g/mol. The second-order valence-corrected chi connectivity index (χ2v) is 9.73. The summed E-state index contributed by atoms with van der Waals surface area (Å²) in [7, 11) is 0. The lowest BCUT2D eigenvalue weighted by Crippen LogP contribution is -2.13. The van der Waals surface area contributed by atoms with Crippen molar-refractivity contribution in [2.24, 2.45) is 11.8 Å². The van der Waals surface area contributed by atoms with Crippen LogP contribution in [0.3, 0.4) is 0 Å². The number of pyridine rings is 1. The van der Waals surface area contributed by atoms with Gasteiger partial charge >= 0.3 is 0 Å². The SMILES string of the molecule is CCCC1CCC(c2ccc(-c3ccc(C4CCC(CC)CC4)cn3)cc2)CC1. The number of benzene rings is 1. The molecule has 0 unspecified atom stereocenters. The van der Waals surface area contributed by atoms with E-state index in [1.165, 1.54) is 87.3 Å². The van der Waals surface area contributed by atoms with Gasteiger partial charge in [-0.15, -0.1) is 0 Å². The van der Waals surface area contributed by atoms with Crippen LogP contribution < -0.4 is 0 Å². The third-order valence-corrected chi connectivity index (χ3v) is 7.90. The molecule has 0 aliphatic heterocycles. The molecule has 2 aliphatic carbocycles. The Kier molecular flexibility index (Phi) is 7.06. The predicted octanol–water partition coefficient (Wildman–Crippen LogP) is 8.51. The fourth-order valence-corrected chi connectivity index (χ4v) is 5.84. The molecule has 0 spiro atoms. The third kappa shape index (κ3) is 5.11. The molecule has 2 saturated carbocycles. The van der Waals surface area contributed by atoms with Crippen molar-refractivity contribution in [3.05, 3.63) is 53.7 Å². The molecule has 1 aromatic heterocycles. The van der Waals surface area contributed by atoms with Crippen LogP contribution >= 0.6 is 0 Å². The maximum Gasteiger partial charge on any atom is 0.0702 e. The second kappa shape index (κ2) is 9.92. The van der Waals surface area contributed by atoms with E-state index in [0.717, 1.165) is 29.4 Å². The van der Waals surface area contributed by atoms with Gasteiger partial charge in [0, 0.05) is 11.8 Å². The van der Waals surface area contributed by atoms with Crippen LogP contribution in [0.1, 0.15) is 107 Å². The molecule has 1 aromatic carbocycles. The third-order valence-electron chi connectivity index (χ3n) is 7.90. The first-order valence-corrected chi connectivity index (χ1v) is 12.3. The molecule has 2 aromatic rings. The zero-order valence-electron chi connectivity index (χ0n) is 18.6. The largest absolute Gasteiger partial charge is 0.256 e.